The SMILES string of the molecule is CC(C)(c1ccc(O)cc1)c1ccc(OC(=O)NCCCCl)cc1. The normalized spacial score (nSPS) is 11.1. The molecule has 5 heteroatoms. The zero-order valence-corrected chi connectivity index (χ0v) is 14.6. The van der Waals surface area contributed by atoms with E-state index >= 15 is 0 Å². The van der Waals surface area contributed by atoms with Crippen molar-refractivity contribution in [2.75, 3.05) is 12.4 Å². The molecule has 0 aliphatic rings. The number of carbonyl (C=O) groups excluding carboxylic acids is 1. The summed E-state index contributed by atoms with van der Waals surface area (Å²) in [5, 5.41) is 12.1. The number of benzene rings is 2. The number of hydrogen-bond acceptors (Lipinski definition) is 3. The number of alkyl halides is 1. The zero-order valence-electron chi connectivity index (χ0n) is 13.9. The summed E-state index contributed by atoms with van der Waals surface area (Å²) < 4.78 is 5.22. The highest BCUT2D eigenvalue weighted by Gasteiger charge is 2.23. The first-order chi connectivity index (χ1) is 11.4. The molecule has 0 bridgehead atoms. The molecule has 0 aliphatic carbocycles. The van der Waals surface area contributed by atoms with Gasteiger partial charge in [-0.1, -0.05) is 38.1 Å². The highest BCUT2D eigenvalue weighted by atomic mass is 35.5. The molecule has 0 unspecified atom stereocenters. The van der Waals surface area contributed by atoms with Crippen LogP contribution in [-0.2, 0) is 5.41 Å². The number of hydrogen-bond donors (Lipinski definition) is 2. The van der Waals surface area contributed by atoms with Gasteiger partial charge in [0.05, 0.1) is 0 Å². The zero-order chi connectivity index (χ0) is 17.6. The second-order valence-corrected chi connectivity index (χ2v) is 6.43. The second kappa shape index (κ2) is 8.06. The lowest BCUT2D eigenvalue weighted by Crippen LogP contribution is -2.28. The van der Waals surface area contributed by atoms with Crippen LogP contribution in [0.1, 0.15) is 31.4 Å². The van der Waals surface area contributed by atoms with Gasteiger partial charge in [0.2, 0.25) is 0 Å². The minimum atomic E-state index is -0.481. The highest BCUT2D eigenvalue weighted by Crippen LogP contribution is 2.33. The summed E-state index contributed by atoms with van der Waals surface area (Å²) in [6.45, 7) is 4.70. The molecule has 0 spiro atoms. The van der Waals surface area contributed by atoms with Crippen LogP contribution in [0.2, 0.25) is 0 Å². The average molecular weight is 348 g/mol. The predicted octanol–water partition coefficient (Wildman–Crippen LogP) is 4.44. The Morgan fingerprint density at radius 2 is 1.62 bits per heavy atom. The van der Waals surface area contributed by atoms with E-state index < -0.39 is 6.09 Å². The molecule has 0 aromatic heterocycles. The van der Waals surface area contributed by atoms with Crippen LogP contribution in [-0.4, -0.2) is 23.6 Å². The maximum Gasteiger partial charge on any atom is 0.412 e. The number of carbonyl (C=O) groups is 1. The number of ether oxygens (including phenoxy) is 1. The predicted molar refractivity (Wildman–Crippen MR) is 96.0 cm³/mol. The molecule has 0 heterocycles. The molecule has 0 aliphatic heterocycles. The largest absolute Gasteiger partial charge is 0.508 e. The Hall–Kier alpha value is -2.20. The third kappa shape index (κ3) is 4.65. The maximum absolute atomic E-state index is 11.6. The number of halogens is 1. The van der Waals surface area contributed by atoms with Crippen molar-refractivity contribution in [2.24, 2.45) is 0 Å². The number of nitrogens with one attached hydrogen (secondary N) is 1. The van der Waals surface area contributed by atoms with Crippen LogP contribution in [0.4, 0.5) is 4.79 Å². The Kier molecular flexibility index (Phi) is 6.10. The van der Waals surface area contributed by atoms with E-state index in [2.05, 4.69) is 19.2 Å². The number of rotatable bonds is 6. The summed E-state index contributed by atoms with van der Waals surface area (Å²) in [7, 11) is 0. The molecule has 0 atom stereocenters. The van der Waals surface area contributed by atoms with Crippen LogP contribution in [0.15, 0.2) is 48.5 Å². The summed E-state index contributed by atoms with van der Waals surface area (Å²) in [5.74, 6) is 1.24. The lowest BCUT2D eigenvalue weighted by molar-refractivity contribution is 0.200. The maximum atomic E-state index is 11.6. The van der Waals surface area contributed by atoms with Gasteiger partial charge in [0.15, 0.2) is 0 Å². The molecule has 2 aromatic rings. The van der Waals surface area contributed by atoms with Gasteiger partial charge in [-0.3, -0.25) is 0 Å². The van der Waals surface area contributed by atoms with Crippen molar-refractivity contribution < 1.29 is 14.6 Å². The van der Waals surface area contributed by atoms with E-state index in [9.17, 15) is 9.90 Å². The quantitative estimate of drug-likeness (QED) is 0.600. The van der Waals surface area contributed by atoms with E-state index in [-0.39, 0.29) is 11.2 Å². The van der Waals surface area contributed by atoms with Crippen LogP contribution in [0.5, 0.6) is 11.5 Å². The molecule has 0 saturated carbocycles. The van der Waals surface area contributed by atoms with E-state index in [0.29, 0.717) is 24.6 Å². The summed E-state index contributed by atoms with van der Waals surface area (Å²) in [6.07, 6.45) is 0.224. The van der Waals surface area contributed by atoms with Gasteiger partial charge in [-0.05, 0) is 41.8 Å². The monoisotopic (exact) mass is 347 g/mol. The molecule has 0 radical (unpaired) electrons. The van der Waals surface area contributed by atoms with Gasteiger partial charge in [0.25, 0.3) is 0 Å². The lowest BCUT2D eigenvalue weighted by atomic mass is 9.78. The van der Waals surface area contributed by atoms with Gasteiger partial charge in [-0.25, -0.2) is 4.79 Å². The first-order valence-corrected chi connectivity index (χ1v) is 8.38. The number of amides is 1. The Labute approximate surface area is 147 Å². The van der Waals surface area contributed by atoms with Gasteiger partial charge >= 0.3 is 6.09 Å². The van der Waals surface area contributed by atoms with E-state index in [1.165, 1.54) is 0 Å². The van der Waals surface area contributed by atoms with Crippen molar-refractivity contribution >= 4 is 17.7 Å². The minimum absolute atomic E-state index is 0.227. The van der Waals surface area contributed by atoms with Crippen molar-refractivity contribution in [1.82, 2.24) is 5.32 Å². The molecule has 1 amide bonds. The first-order valence-electron chi connectivity index (χ1n) is 7.85. The van der Waals surface area contributed by atoms with E-state index in [1.807, 2.05) is 24.3 Å². The molecular weight excluding hydrogens is 326 g/mol. The molecule has 4 nitrogen and oxygen atoms in total. The molecule has 0 fully saturated rings. The summed E-state index contributed by atoms with van der Waals surface area (Å²) >= 11 is 5.56. The van der Waals surface area contributed by atoms with E-state index in [4.69, 9.17) is 16.3 Å². The Morgan fingerprint density at radius 3 is 2.17 bits per heavy atom. The van der Waals surface area contributed by atoms with Crippen LogP contribution in [0.3, 0.4) is 0 Å². The standard InChI is InChI=1S/C19H22ClNO3/c1-19(2,14-4-8-16(22)9-5-14)15-6-10-17(11-7-15)24-18(23)21-13-3-12-20/h4-11,22H,3,12-13H2,1-2H3,(H,21,23). The minimum Gasteiger partial charge on any atom is -0.508 e. The summed E-state index contributed by atoms with van der Waals surface area (Å²) in [6, 6.07) is 14.6. The highest BCUT2D eigenvalue weighted by molar-refractivity contribution is 6.17. The third-order valence-corrected chi connectivity index (χ3v) is 4.22. The molecule has 2 aromatic carbocycles. The van der Waals surface area contributed by atoms with Crippen molar-refractivity contribution in [2.45, 2.75) is 25.7 Å². The van der Waals surface area contributed by atoms with Crippen molar-refractivity contribution in [1.29, 1.82) is 0 Å². The Balaban J connectivity index is 2.05. The van der Waals surface area contributed by atoms with E-state index in [1.54, 1.807) is 24.3 Å². The number of aromatic hydroxyl groups is 1. The molecule has 24 heavy (non-hydrogen) atoms. The van der Waals surface area contributed by atoms with Crippen LogP contribution < -0.4 is 10.1 Å². The molecule has 128 valence electrons. The molecule has 2 N–H and O–H groups in total. The molecular formula is C19H22ClNO3. The van der Waals surface area contributed by atoms with Crippen molar-refractivity contribution in [3.05, 3.63) is 59.7 Å². The summed E-state index contributed by atoms with van der Waals surface area (Å²) in [4.78, 5) is 11.6. The van der Waals surface area contributed by atoms with Crippen molar-refractivity contribution in [3.8, 4) is 11.5 Å². The lowest BCUT2D eigenvalue weighted by Gasteiger charge is -2.26. The van der Waals surface area contributed by atoms with Crippen molar-refractivity contribution in [3.63, 3.8) is 0 Å². The Morgan fingerprint density at radius 1 is 1.08 bits per heavy atom. The van der Waals surface area contributed by atoms with E-state index in [0.717, 1.165) is 11.1 Å². The van der Waals surface area contributed by atoms with Crippen LogP contribution in [0, 0.1) is 0 Å². The van der Waals surface area contributed by atoms with Gasteiger partial charge in [0.1, 0.15) is 11.5 Å². The van der Waals surface area contributed by atoms with Gasteiger partial charge < -0.3 is 15.2 Å². The van der Waals surface area contributed by atoms with Gasteiger partial charge in [0, 0.05) is 17.8 Å². The van der Waals surface area contributed by atoms with Gasteiger partial charge in [-0.15, -0.1) is 11.6 Å². The Bertz CT molecular complexity index is 666. The van der Waals surface area contributed by atoms with Crippen LogP contribution >= 0.6 is 11.6 Å². The third-order valence-electron chi connectivity index (χ3n) is 3.96. The fourth-order valence-corrected chi connectivity index (χ4v) is 2.52. The number of phenolic OH excluding ortho intramolecular Hbond substituents is 1. The smallest absolute Gasteiger partial charge is 0.412 e. The second-order valence-electron chi connectivity index (χ2n) is 6.06. The van der Waals surface area contributed by atoms with Gasteiger partial charge in [-0.2, -0.15) is 0 Å². The topological polar surface area (TPSA) is 58.6 Å². The average Bonchev–Trinajstić information content (AvgIpc) is 2.56. The number of phenols is 1. The fourth-order valence-electron chi connectivity index (χ4n) is 2.38. The fraction of sp³-hybridized carbons (Fsp3) is 0.316. The molecule has 2 rings (SSSR count). The van der Waals surface area contributed by atoms with Crippen LogP contribution in [0.25, 0.3) is 0 Å². The molecule has 0 saturated heterocycles. The summed E-state index contributed by atoms with van der Waals surface area (Å²) in [5.41, 5.74) is 1.95. The first kappa shape index (κ1) is 18.1.